The van der Waals surface area contributed by atoms with Gasteiger partial charge in [-0.3, -0.25) is 0 Å². The number of methoxy groups -OCH3 is 2. The first-order valence-electron chi connectivity index (χ1n) is 6.35. The largest absolute Gasteiger partial charge is 0.493 e. The second-order valence-electron chi connectivity index (χ2n) is 4.19. The van der Waals surface area contributed by atoms with Gasteiger partial charge in [0.2, 0.25) is 0 Å². The summed E-state index contributed by atoms with van der Waals surface area (Å²) in [5.74, 6) is 1.40. The highest BCUT2D eigenvalue weighted by molar-refractivity contribution is 5.80. The van der Waals surface area contributed by atoms with E-state index in [-0.39, 0.29) is 0 Å². The molecule has 0 aromatic heterocycles. The highest BCUT2D eigenvalue weighted by atomic mass is 16.5. The molecule has 0 amide bonds. The lowest BCUT2D eigenvalue weighted by Gasteiger charge is -2.07. The quantitative estimate of drug-likeness (QED) is 0.648. The number of hydrogen-bond acceptors (Lipinski definition) is 4. The molecule has 0 aliphatic rings. The standard InChI is InChI=1S/C16H18N2O2/c1-19-15-9-8-14(10-16(15)20-2)12-18-17-11-13-6-4-3-5-7-13/h3-10,12,17H,11H2,1-2H3. The molecule has 2 rings (SSSR count). The Morgan fingerprint density at radius 2 is 1.75 bits per heavy atom. The molecule has 0 saturated heterocycles. The summed E-state index contributed by atoms with van der Waals surface area (Å²) in [6, 6.07) is 15.8. The van der Waals surface area contributed by atoms with E-state index >= 15 is 0 Å². The third kappa shape index (κ3) is 3.75. The molecule has 1 N–H and O–H groups in total. The molecule has 2 aromatic carbocycles. The monoisotopic (exact) mass is 270 g/mol. The van der Waals surface area contributed by atoms with Gasteiger partial charge in [0, 0.05) is 0 Å². The molecule has 4 heteroatoms. The number of benzene rings is 2. The first kappa shape index (κ1) is 13.9. The average Bonchev–Trinajstić information content (AvgIpc) is 2.52. The number of nitrogens with one attached hydrogen (secondary N) is 1. The van der Waals surface area contributed by atoms with Gasteiger partial charge >= 0.3 is 0 Å². The highest BCUT2D eigenvalue weighted by Gasteiger charge is 2.02. The fraction of sp³-hybridized carbons (Fsp3) is 0.188. The number of hydrazone groups is 1. The van der Waals surface area contributed by atoms with Crippen molar-refractivity contribution >= 4 is 6.21 Å². The molecule has 0 bridgehead atoms. The fourth-order valence-corrected chi connectivity index (χ4v) is 1.79. The van der Waals surface area contributed by atoms with Crippen molar-refractivity contribution in [3.8, 4) is 11.5 Å². The van der Waals surface area contributed by atoms with Crippen molar-refractivity contribution in [1.29, 1.82) is 0 Å². The third-order valence-corrected chi connectivity index (χ3v) is 2.84. The van der Waals surface area contributed by atoms with Gasteiger partial charge in [-0.2, -0.15) is 5.10 Å². The lowest BCUT2D eigenvalue weighted by atomic mass is 10.2. The molecule has 0 fully saturated rings. The summed E-state index contributed by atoms with van der Waals surface area (Å²) in [5.41, 5.74) is 5.15. The smallest absolute Gasteiger partial charge is 0.161 e. The summed E-state index contributed by atoms with van der Waals surface area (Å²) in [4.78, 5) is 0. The Kier molecular flexibility index (Phi) is 5.00. The first-order chi connectivity index (χ1) is 9.83. The Morgan fingerprint density at radius 1 is 1.00 bits per heavy atom. The molecule has 0 aliphatic heterocycles. The summed E-state index contributed by atoms with van der Waals surface area (Å²) in [6.07, 6.45) is 1.75. The molecule has 0 heterocycles. The van der Waals surface area contributed by atoms with Crippen LogP contribution in [-0.2, 0) is 6.54 Å². The van der Waals surface area contributed by atoms with E-state index in [2.05, 4.69) is 22.7 Å². The molecule has 2 aromatic rings. The molecule has 4 nitrogen and oxygen atoms in total. The Balaban J connectivity index is 1.94. The van der Waals surface area contributed by atoms with Crippen LogP contribution in [0.5, 0.6) is 11.5 Å². The molecule has 0 aliphatic carbocycles. The van der Waals surface area contributed by atoms with Crippen molar-refractivity contribution in [3.63, 3.8) is 0 Å². The van der Waals surface area contributed by atoms with Gasteiger partial charge in [-0.05, 0) is 29.3 Å². The van der Waals surface area contributed by atoms with E-state index in [1.807, 2.05) is 36.4 Å². The van der Waals surface area contributed by atoms with Crippen molar-refractivity contribution in [2.75, 3.05) is 14.2 Å². The van der Waals surface area contributed by atoms with Gasteiger partial charge in [0.1, 0.15) is 0 Å². The number of hydrogen-bond donors (Lipinski definition) is 1. The minimum absolute atomic E-state index is 0.694. The maximum absolute atomic E-state index is 5.25. The minimum Gasteiger partial charge on any atom is -0.493 e. The van der Waals surface area contributed by atoms with Crippen LogP contribution in [0.3, 0.4) is 0 Å². The van der Waals surface area contributed by atoms with Crippen LogP contribution in [0.4, 0.5) is 0 Å². The van der Waals surface area contributed by atoms with Gasteiger partial charge in [-0.15, -0.1) is 0 Å². The van der Waals surface area contributed by atoms with Gasteiger partial charge in [0.05, 0.1) is 27.0 Å². The van der Waals surface area contributed by atoms with Crippen molar-refractivity contribution in [2.45, 2.75) is 6.54 Å². The number of ether oxygens (including phenoxy) is 2. The number of nitrogens with zero attached hydrogens (tertiary/aromatic N) is 1. The first-order valence-corrected chi connectivity index (χ1v) is 6.35. The second kappa shape index (κ2) is 7.19. The Hall–Kier alpha value is -2.49. The van der Waals surface area contributed by atoms with E-state index in [0.29, 0.717) is 18.0 Å². The summed E-state index contributed by atoms with van der Waals surface area (Å²) in [5, 5.41) is 4.20. The van der Waals surface area contributed by atoms with Crippen LogP contribution in [0.25, 0.3) is 0 Å². The van der Waals surface area contributed by atoms with E-state index < -0.39 is 0 Å². The van der Waals surface area contributed by atoms with E-state index in [1.165, 1.54) is 5.56 Å². The summed E-state index contributed by atoms with van der Waals surface area (Å²) in [6.45, 7) is 0.699. The SMILES string of the molecule is COc1ccc(C=NNCc2ccccc2)cc1OC. The molecular weight excluding hydrogens is 252 g/mol. The van der Waals surface area contributed by atoms with Crippen LogP contribution in [0, 0.1) is 0 Å². The van der Waals surface area contributed by atoms with Crippen LogP contribution in [0.1, 0.15) is 11.1 Å². The normalized spacial score (nSPS) is 10.5. The van der Waals surface area contributed by atoms with Crippen molar-refractivity contribution < 1.29 is 9.47 Å². The second-order valence-corrected chi connectivity index (χ2v) is 4.19. The fourth-order valence-electron chi connectivity index (χ4n) is 1.79. The third-order valence-electron chi connectivity index (χ3n) is 2.84. The van der Waals surface area contributed by atoms with Crippen molar-refractivity contribution in [3.05, 3.63) is 59.7 Å². The minimum atomic E-state index is 0.694. The molecule has 20 heavy (non-hydrogen) atoms. The van der Waals surface area contributed by atoms with Crippen molar-refractivity contribution in [1.82, 2.24) is 5.43 Å². The van der Waals surface area contributed by atoms with Crippen LogP contribution in [0.15, 0.2) is 53.6 Å². The summed E-state index contributed by atoms with van der Waals surface area (Å²) >= 11 is 0. The zero-order valence-electron chi connectivity index (χ0n) is 11.7. The Bertz CT molecular complexity index is 568. The number of rotatable bonds is 6. The molecule has 0 unspecified atom stereocenters. The Labute approximate surface area is 119 Å². The maximum atomic E-state index is 5.25. The van der Waals surface area contributed by atoms with E-state index in [1.54, 1.807) is 20.4 Å². The van der Waals surface area contributed by atoms with E-state index in [9.17, 15) is 0 Å². The van der Waals surface area contributed by atoms with Gasteiger partial charge in [0.15, 0.2) is 11.5 Å². The maximum Gasteiger partial charge on any atom is 0.161 e. The zero-order valence-corrected chi connectivity index (χ0v) is 11.7. The summed E-state index contributed by atoms with van der Waals surface area (Å²) < 4.78 is 10.4. The molecule has 0 saturated carbocycles. The van der Waals surface area contributed by atoms with E-state index in [0.717, 1.165) is 5.56 Å². The Morgan fingerprint density at radius 3 is 2.45 bits per heavy atom. The van der Waals surface area contributed by atoms with Gasteiger partial charge < -0.3 is 14.9 Å². The van der Waals surface area contributed by atoms with Gasteiger partial charge in [-0.1, -0.05) is 30.3 Å². The van der Waals surface area contributed by atoms with Gasteiger partial charge in [0.25, 0.3) is 0 Å². The molecule has 104 valence electrons. The average molecular weight is 270 g/mol. The molecule has 0 atom stereocenters. The molecular formula is C16H18N2O2. The predicted octanol–water partition coefficient (Wildman–Crippen LogP) is 2.83. The predicted molar refractivity (Wildman–Crippen MR) is 80.4 cm³/mol. The molecule has 0 spiro atoms. The lowest BCUT2D eigenvalue weighted by Crippen LogP contribution is -2.05. The topological polar surface area (TPSA) is 42.8 Å². The molecule has 0 radical (unpaired) electrons. The summed E-state index contributed by atoms with van der Waals surface area (Å²) in [7, 11) is 3.24. The van der Waals surface area contributed by atoms with Crippen LogP contribution < -0.4 is 14.9 Å². The zero-order chi connectivity index (χ0) is 14.2. The van der Waals surface area contributed by atoms with E-state index in [4.69, 9.17) is 9.47 Å². The van der Waals surface area contributed by atoms with Crippen LogP contribution in [-0.4, -0.2) is 20.4 Å². The van der Waals surface area contributed by atoms with Crippen LogP contribution >= 0.6 is 0 Å². The van der Waals surface area contributed by atoms with Crippen LogP contribution in [0.2, 0.25) is 0 Å². The lowest BCUT2D eigenvalue weighted by molar-refractivity contribution is 0.355. The van der Waals surface area contributed by atoms with Crippen molar-refractivity contribution in [2.24, 2.45) is 5.10 Å². The van der Waals surface area contributed by atoms with Gasteiger partial charge in [-0.25, -0.2) is 0 Å². The highest BCUT2D eigenvalue weighted by Crippen LogP contribution is 2.26.